The number of nitrogens with zero attached hydrogens (tertiary/aromatic N) is 3. The van der Waals surface area contributed by atoms with E-state index in [2.05, 4.69) is 27.9 Å². The van der Waals surface area contributed by atoms with Gasteiger partial charge in [-0.15, -0.1) is 11.3 Å². The lowest BCUT2D eigenvalue weighted by Crippen LogP contribution is -2.05. The monoisotopic (exact) mass is 300 g/mol. The average Bonchev–Trinajstić information content (AvgIpc) is 2.91. The molecule has 0 bridgehead atoms. The van der Waals surface area contributed by atoms with Gasteiger partial charge in [0.15, 0.2) is 0 Å². The third-order valence-corrected chi connectivity index (χ3v) is 4.27. The maximum Gasteiger partial charge on any atom is 0.227 e. The lowest BCUT2D eigenvalue weighted by molar-refractivity contribution is 0.312. The molecule has 0 radical (unpaired) electrons. The minimum absolute atomic E-state index is 0.250. The van der Waals surface area contributed by atoms with Gasteiger partial charge in [-0.1, -0.05) is 13.0 Å². The Kier molecular flexibility index (Phi) is 3.96. The number of hydrogen-bond acceptors (Lipinski definition) is 6. The van der Waals surface area contributed by atoms with Crippen LogP contribution in [0.1, 0.15) is 17.5 Å². The third kappa shape index (κ3) is 3.11. The lowest BCUT2D eigenvalue weighted by Gasteiger charge is -2.06. The number of thiophene rings is 1. The van der Waals surface area contributed by atoms with Crippen LogP contribution in [0.2, 0.25) is 0 Å². The Hall–Kier alpha value is -2.21. The number of rotatable bonds is 5. The molecule has 108 valence electrons. The molecule has 3 heterocycles. The van der Waals surface area contributed by atoms with Crippen LogP contribution in [0.3, 0.4) is 0 Å². The zero-order valence-corrected chi connectivity index (χ0v) is 12.6. The predicted octanol–water partition coefficient (Wildman–Crippen LogP) is 2.85. The van der Waals surface area contributed by atoms with Crippen LogP contribution in [-0.4, -0.2) is 21.6 Å². The Morgan fingerprint density at radius 3 is 2.95 bits per heavy atom. The predicted molar refractivity (Wildman–Crippen MR) is 84.6 cm³/mol. The van der Waals surface area contributed by atoms with Crippen LogP contribution in [0, 0.1) is 0 Å². The molecule has 0 aliphatic carbocycles. The highest BCUT2D eigenvalue weighted by Gasteiger charge is 2.11. The fourth-order valence-electron chi connectivity index (χ4n) is 2.04. The number of aromatic nitrogens is 3. The molecule has 3 aromatic rings. The molecule has 21 heavy (non-hydrogen) atoms. The summed E-state index contributed by atoms with van der Waals surface area (Å²) in [6.45, 7) is 2.63. The van der Waals surface area contributed by atoms with Crippen LogP contribution >= 0.6 is 11.3 Å². The average molecular weight is 300 g/mol. The maximum atomic E-state index is 5.80. The third-order valence-electron chi connectivity index (χ3n) is 3.10. The highest BCUT2D eigenvalue weighted by atomic mass is 32.1. The van der Waals surface area contributed by atoms with E-state index in [9.17, 15) is 0 Å². The van der Waals surface area contributed by atoms with Crippen molar-refractivity contribution in [3.05, 3.63) is 41.0 Å². The van der Waals surface area contributed by atoms with E-state index in [0.717, 1.165) is 28.8 Å². The SMILES string of the molecule is CCc1cc2c(OCCc3ccccn3)nc(N)nc2s1. The summed E-state index contributed by atoms with van der Waals surface area (Å²) in [5.41, 5.74) is 6.75. The first-order valence-corrected chi connectivity index (χ1v) is 7.66. The van der Waals surface area contributed by atoms with Gasteiger partial charge in [-0.25, -0.2) is 4.98 Å². The molecule has 3 rings (SSSR count). The molecule has 0 aliphatic heterocycles. The standard InChI is InChI=1S/C15H16N4OS/c1-2-11-9-12-13(18-15(16)19-14(12)21-11)20-8-6-10-5-3-4-7-17-10/h3-5,7,9H,2,6,8H2,1H3,(H2,16,18,19). The van der Waals surface area contributed by atoms with Crippen LogP contribution in [0.5, 0.6) is 5.88 Å². The molecule has 0 aliphatic rings. The summed E-state index contributed by atoms with van der Waals surface area (Å²) in [6, 6.07) is 7.93. The Morgan fingerprint density at radius 2 is 2.19 bits per heavy atom. The number of aryl methyl sites for hydroxylation is 1. The number of fused-ring (bicyclic) bond motifs is 1. The molecule has 6 heteroatoms. The summed E-state index contributed by atoms with van der Waals surface area (Å²) in [4.78, 5) is 14.9. The van der Waals surface area contributed by atoms with Gasteiger partial charge in [0.1, 0.15) is 4.83 Å². The number of pyridine rings is 1. The van der Waals surface area contributed by atoms with Gasteiger partial charge in [0.2, 0.25) is 11.8 Å². The normalized spacial score (nSPS) is 10.9. The van der Waals surface area contributed by atoms with Crippen molar-refractivity contribution >= 4 is 27.5 Å². The molecule has 3 aromatic heterocycles. The molecule has 0 unspecified atom stereocenters. The maximum absolute atomic E-state index is 5.80. The number of anilines is 1. The zero-order valence-electron chi connectivity index (χ0n) is 11.7. The van der Waals surface area contributed by atoms with Crippen molar-refractivity contribution in [2.24, 2.45) is 0 Å². The molecule has 5 nitrogen and oxygen atoms in total. The van der Waals surface area contributed by atoms with Gasteiger partial charge < -0.3 is 10.5 Å². The van der Waals surface area contributed by atoms with E-state index in [4.69, 9.17) is 10.5 Å². The van der Waals surface area contributed by atoms with Gasteiger partial charge in [-0.2, -0.15) is 4.98 Å². The first-order chi connectivity index (χ1) is 10.3. The molecule has 0 fully saturated rings. The van der Waals surface area contributed by atoms with Crippen molar-refractivity contribution in [3.63, 3.8) is 0 Å². The van der Waals surface area contributed by atoms with E-state index in [1.54, 1.807) is 17.5 Å². The van der Waals surface area contributed by atoms with Gasteiger partial charge in [0.05, 0.1) is 12.0 Å². The van der Waals surface area contributed by atoms with Gasteiger partial charge in [0, 0.05) is 23.2 Å². The topological polar surface area (TPSA) is 73.9 Å². The second-order valence-corrected chi connectivity index (χ2v) is 5.71. The van der Waals surface area contributed by atoms with E-state index in [1.165, 1.54) is 4.88 Å². The summed E-state index contributed by atoms with van der Waals surface area (Å²) in [7, 11) is 0. The number of hydrogen-bond donors (Lipinski definition) is 1. The van der Waals surface area contributed by atoms with E-state index in [-0.39, 0.29) is 5.95 Å². The Bertz CT molecular complexity index is 742. The van der Waals surface area contributed by atoms with Crippen molar-refractivity contribution in [1.82, 2.24) is 15.0 Å². The first kappa shape index (κ1) is 13.8. The van der Waals surface area contributed by atoms with Gasteiger partial charge in [0.25, 0.3) is 0 Å². The highest BCUT2D eigenvalue weighted by Crippen LogP contribution is 2.31. The number of nitrogen functional groups attached to an aromatic ring is 1. The molecule has 0 amide bonds. The molecular formula is C15H16N4OS. The van der Waals surface area contributed by atoms with Crippen LogP contribution < -0.4 is 10.5 Å². The van der Waals surface area contributed by atoms with Crippen molar-refractivity contribution in [3.8, 4) is 5.88 Å². The van der Waals surface area contributed by atoms with Crippen LogP contribution in [0.15, 0.2) is 30.5 Å². The Labute approximate surface area is 126 Å². The molecule has 0 saturated heterocycles. The summed E-state index contributed by atoms with van der Waals surface area (Å²) < 4.78 is 5.80. The van der Waals surface area contributed by atoms with E-state index in [1.807, 2.05) is 18.2 Å². The van der Waals surface area contributed by atoms with Crippen molar-refractivity contribution in [1.29, 1.82) is 0 Å². The Balaban J connectivity index is 1.78. The van der Waals surface area contributed by atoms with Crippen LogP contribution in [0.4, 0.5) is 5.95 Å². The van der Waals surface area contributed by atoms with Gasteiger partial charge >= 0.3 is 0 Å². The number of nitrogens with two attached hydrogens (primary N) is 1. The second kappa shape index (κ2) is 6.05. The zero-order chi connectivity index (χ0) is 14.7. The number of ether oxygens (including phenoxy) is 1. The lowest BCUT2D eigenvalue weighted by atomic mass is 10.3. The summed E-state index contributed by atoms with van der Waals surface area (Å²) in [6.07, 6.45) is 3.48. The molecular weight excluding hydrogens is 284 g/mol. The molecule has 2 N–H and O–H groups in total. The smallest absolute Gasteiger partial charge is 0.227 e. The van der Waals surface area contributed by atoms with Crippen LogP contribution in [-0.2, 0) is 12.8 Å². The van der Waals surface area contributed by atoms with E-state index >= 15 is 0 Å². The van der Waals surface area contributed by atoms with Crippen molar-refractivity contribution in [2.45, 2.75) is 19.8 Å². The van der Waals surface area contributed by atoms with Gasteiger partial charge in [-0.05, 0) is 24.6 Å². The summed E-state index contributed by atoms with van der Waals surface area (Å²) >= 11 is 1.63. The first-order valence-electron chi connectivity index (χ1n) is 6.85. The summed E-state index contributed by atoms with van der Waals surface area (Å²) in [5, 5.41) is 0.937. The largest absolute Gasteiger partial charge is 0.477 e. The fourth-order valence-corrected chi connectivity index (χ4v) is 3.01. The molecule has 0 spiro atoms. The van der Waals surface area contributed by atoms with Crippen molar-refractivity contribution in [2.75, 3.05) is 12.3 Å². The minimum atomic E-state index is 0.250. The quantitative estimate of drug-likeness (QED) is 0.784. The minimum Gasteiger partial charge on any atom is -0.477 e. The Morgan fingerprint density at radius 1 is 1.29 bits per heavy atom. The van der Waals surface area contributed by atoms with Gasteiger partial charge in [-0.3, -0.25) is 4.98 Å². The van der Waals surface area contributed by atoms with E-state index in [0.29, 0.717) is 12.5 Å². The van der Waals surface area contributed by atoms with E-state index < -0.39 is 0 Å². The second-order valence-electron chi connectivity index (χ2n) is 4.59. The molecule has 0 saturated carbocycles. The molecule has 0 aromatic carbocycles. The fraction of sp³-hybridized carbons (Fsp3) is 0.267. The summed E-state index contributed by atoms with van der Waals surface area (Å²) in [5.74, 6) is 0.809. The van der Waals surface area contributed by atoms with Crippen molar-refractivity contribution < 1.29 is 4.74 Å². The highest BCUT2D eigenvalue weighted by molar-refractivity contribution is 7.18. The molecule has 0 atom stereocenters. The van der Waals surface area contributed by atoms with Crippen LogP contribution in [0.25, 0.3) is 10.2 Å².